The highest BCUT2D eigenvalue weighted by Crippen LogP contribution is 2.18. The van der Waals surface area contributed by atoms with Crippen LogP contribution in [0.2, 0.25) is 0 Å². The molecule has 1 aromatic rings. The van der Waals surface area contributed by atoms with Crippen LogP contribution in [-0.2, 0) is 11.3 Å². The van der Waals surface area contributed by atoms with Crippen molar-refractivity contribution >= 4 is 5.91 Å². The van der Waals surface area contributed by atoms with E-state index in [-0.39, 0.29) is 30.1 Å². The molecule has 132 valence electrons. The second-order valence-corrected chi connectivity index (χ2v) is 6.79. The summed E-state index contributed by atoms with van der Waals surface area (Å²) in [6, 6.07) is 3.90. The minimum Gasteiger partial charge on any atom is -0.351 e. The lowest BCUT2D eigenvalue weighted by Gasteiger charge is -2.34. The fraction of sp³-hybridized carbons (Fsp3) is 0.611. The maximum absolute atomic E-state index is 13.8. The van der Waals surface area contributed by atoms with Crippen molar-refractivity contribution in [3.05, 3.63) is 35.4 Å². The van der Waals surface area contributed by atoms with Gasteiger partial charge in [0.25, 0.3) is 0 Å². The normalized spacial score (nSPS) is 25.4. The molecule has 2 atom stereocenters. The van der Waals surface area contributed by atoms with Gasteiger partial charge in [-0.15, -0.1) is 0 Å². The van der Waals surface area contributed by atoms with Crippen LogP contribution in [0, 0.1) is 11.6 Å². The van der Waals surface area contributed by atoms with Crippen LogP contribution < -0.4 is 10.6 Å². The van der Waals surface area contributed by atoms with Gasteiger partial charge in [0.15, 0.2) is 0 Å². The second-order valence-electron chi connectivity index (χ2n) is 6.79. The van der Waals surface area contributed by atoms with Crippen molar-refractivity contribution < 1.29 is 13.6 Å². The van der Waals surface area contributed by atoms with Gasteiger partial charge in [-0.3, -0.25) is 9.69 Å². The fourth-order valence-corrected chi connectivity index (χ4v) is 3.60. The zero-order valence-electron chi connectivity index (χ0n) is 13.9. The number of nitrogens with one attached hydrogen (secondary N) is 2. The van der Waals surface area contributed by atoms with Crippen molar-refractivity contribution in [1.29, 1.82) is 0 Å². The molecule has 0 saturated carbocycles. The fourth-order valence-electron chi connectivity index (χ4n) is 3.60. The van der Waals surface area contributed by atoms with Crippen LogP contribution in [0.4, 0.5) is 8.78 Å². The quantitative estimate of drug-likeness (QED) is 0.885. The van der Waals surface area contributed by atoms with Crippen LogP contribution in [-0.4, -0.2) is 42.5 Å². The van der Waals surface area contributed by atoms with E-state index in [1.807, 2.05) is 4.90 Å². The summed E-state index contributed by atoms with van der Waals surface area (Å²) in [7, 11) is 0. The topological polar surface area (TPSA) is 44.4 Å². The van der Waals surface area contributed by atoms with Gasteiger partial charge in [0, 0.05) is 24.7 Å². The molecule has 0 spiro atoms. The number of benzene rings is 1. The summed E-state index contributed by atoms with van der Waals surface area (Å²) in [4.78, 5) is 14.3. The molecule has 0 bridgehead atoms. The minimum absolute atomic E-state index is 0.0461. The molecule has 1 amide bonds. The number of likely N-dealkylation sites (tertiary alicyclic amines) is 1. The minimum atomic E-state index is -0.507. The Hall–Kier alpha value is -1.53. The number of amides is 1. The summed E-state index contributed by atoms with van der Waals surface area (Å²) in [5.41, 5.74) is 0.110. The Balaban J connectivity index is 1.55. The third-order valence-electron chi connectivity index (χ3n) is 4.92. The summed E-state index contributed by atoms with van der Waals surface area (Å²) in [6.45, 7) is 2.56. The first kappa shape index (κ1) is 17.3. The van der Waals surface area contributed by atoms with Gasteiger partial charge in [0.1, 0.15) is 11.6 Å². The van der Waals surface area contributed by atoms with Gasteiger partial charge in [0.05, 0.1) is 6.04 Å². The lowest BCUT2D eigenvalue weighted by atomic mass is 10.0. The maximum atomic E-state index is 13.8. The molecule has 2 aliphatic heterocycles. The van der Waals surface area contributed by atoms with Crippen molar-refractivity contribution in [1.82, 2.24) is 15.5 Å². The first-order valence-corrected chi connectivity index (χ1v) is 8.82. The van der Waals surface area contributed by atoms with Gasteiger partial charge in [0.2, 0.25) is 5.91 Å². The van der Waals surface area contributed by atoms with Crippen LogP contribution >= 0.6 is 0 Å². The molecule has 2 saturated heterocycles. The number of piperidine rings is 2. The zero-order valence-corrected chi connectivity index (χ0v) is 13.9. The van der Waals surface area contributed by atoms with Crippen LogP contribution in [0.25, 0.3) is 0 Å². The van der Waals surface area contributed by atoms with Crippen molar-refractivity contribution in [3.8, 4) is 0 Å². The molecule has 2 aliphatic rings. The number of carbonyl (C=O) groups is 1. The van der Waals surface area contributed by atoms with Crippen molar-refractivity contribution in [2.24, 2.45) is 0 Å². The standard InChI is InChI=1S/C18H25F2N3O/c19-15-6-3-7-16(20)14(15)12-23-10-4-5-13(11-23)22-18(24)17-8-1-2-9-21-17/h3,6-7,13,17,21H,1-2,4-5,8-12H2,(H,22,24)/t13?,17-/m1/s1. The van der Waals surface area contributed by atoms with Crippen LogP contribution in [0.5, 0.6) is 0 Å². The average molecular weight is 337 g/mol. The number of nitrogens with zero attached hydrogens (tertiary/aromatic N) is 1. The van der Waals surface area contributed by atoms with E-state index in [1.54, 1.807) is 0 Å². The average Bonchev–Trinajstić information content (AvgIpc) is 2.59. The van der Waals surface area contributed by atoms with E-state index in [0.717, 1.165) is 45.2 Å². The number of rotatable bonds is 4. The van der Waals surface area contributed by atoms with E-state index in [2.05, 4.69) is 10.6 Å². The van der Waals surface area contributed by atoms with E-state index >= 15 is 0 Å². The Bertz CT molecular complexity index is 555. The number of carbonyl (C=O) groups excluding carboxylic acids is 1. The predicted octanol–water partition coefficient (Wildman–Crippen LogP) is 2.19. The Morgan fingerprint density at radius 2 is 2.00 bits per heavy atom. The number of halogens is 2. The van der Waals surface area contributed by atoms with Gasteiger partial charge >= 0.3 is 0 Å². The number of hydrogen-bond donors (Lipinski definition) is 2. The van der Waals surface area contributed by atoms with E-state index < -0.39 is 11.6 Å². The van der Waals surface area contributed by atoms with Crippen molar-refractivity contribution in [2.75, 3.05) is 19.6 Å². The molecule has 3 rings (SSSR count). The highest BCUT2D eigenvalue weighted by Gasteiger charge is 2.26. The molecule has 0 aliphatic carbocycles. The van der Waals surface area contributed by atoms with Crippen molar-refractivity contribution in [2.45, 2.75) is 50.7 Å². The van der Waals surface area contributed by atoms with E-state index in [4.69, 9.17) is 0 Å². The van der Waals surface area contributed by atoms with Gasteiger partial charge in [-0.1, -0.05) is 12.5 Å². The molecular formula is C18H25F2N3O. The lowest BCUT2D eigenvalue weighted by molar-refractivity contribution is -0.124. The van der Waals surface area contributed by atoms with Crippen LogP contribution in [0.15, 0.2) is 18.2 Å². The van der Waals surface area contributed by atoms with Gasteiger partial charge in [-0.25, -0.2) is 8.78 Å². The molecule has 2 heterocycles. The number of hydrogen-bond acceptors (Lipinski definition) is 3. The second kappa shape index (κ2) is 8.03. The molecule has 4 nitrogen and oxygen atoms in total. The van der Waals surface area contributed by atoms with E-state index in [1.165, 1.54) is 18.2 Å². The third-order valence-corrected chi connectivity index (χ3v) is 4.92. The molecule has 0 radical (unpaired) electrons. The largest absolute Gasteiger partial charge is 0.351 e. The highest BCUT2D eigenvalue weighted by molar-refractivity contribution is 5.82. The summed E-state index contributed by atoms with van der Waals surface area (Å²) in [6.07, 6.45) is 4.90. The SMILES string of the molecule is O=C(NC1CCCN(Cc2c(F)cccc2F)C1)[C@H]1CCCCN1. The molecule has 6 heteroatoms. The first-order valence-electron chi connectivity index (χ1n) is 8.82. The van der Waals surface area contributed by atoms with Crippen molar-refractivity contribution in [3.63, 3.8) is 0 Å². The molecule has 1 unspecified atom stereocenters. The highest BCUT2D eigenvalue weighted by atomic mass is 19.1. The molecule has 0 aromatic heterocycles. The summed E-state index contributed by atoms with van der Waals surface area (Å²) >= 11 is 0. The molecule has 2 fully saturated rings. The smallest absolute Gasteiger partial charge is 0.237 e. The Kier molecular flexibility index (Phi) is 5.79. The van der Waals surface area contributed by atoms with Gasteiger partial charge < -0.3 is 10.6 Å². The van der Waals surface area contributed by atoms with Gasteiger partial charge in [-0.2, -0.15) is 0 Å². The third kappa shape index (κ3) is 4.30. The molecular weight excluding hydrogens is 312 g/mol. The monoisotopic (exact) mass is 337 g/mol. The van der Waals surface area contributed by atoms with E-state index in [9.17, 15) is 13.6 Å². The first-order chi connectivity index (χ1) is 11.6. The Labute approximate surface area is 141 Å². The Morgan fingerprint density at radius 1 is 1.21 bits per heavy atom. The summed E-state index contributed by atoms with van der Waals surface area (Å²) in [5, 5.41) is 6.35. The molecule has 24 heavy (non-hydrogen) atoms. The van der Waals surface area contributed by atoms with Gasteiger partial charge in [-0.05, 0) is 50.9 Å². The molecule has 2 N–H and O–H groups in total. The lowest BCUT2D eigenvalue weighted by Crippen LogP contribution is -2.53. The van der Waals surface area contributed by atoms with E-state index in [0.29, 0.717) is 6.54 Å². The van der Waals surface area contributed by atoms with Crippen LogP contribution in [0.3, 0.4) is 0 Å². The zero-order chi connectivity index (χ0) is 16.9. The predicted molar refractivity (Wildman–Crippen MR) is 88.4 cm³/mol. The summed E-state index contributed by atoms with van der Waals surface area (Å²) in [5.74, 6) is -0.959. The Morgan fingerprint density at radius 3 is 2.71 bits per heavy atom. The molecule has 1 aromatic carbocycles. The van der Waals surface area contributed by atoms with Crippen LogP contribution in [0.1, 0.15) is 37.7 Å². The summed E-state index contributed by atoms with van der Waals surface area (Å²) < 4.78 is 27.6. The maximum Gasteiger partial charge on any atom is 0.237 e.